The summed E-state index contributed by atoms with van der Waals surface area (Å²) in [6, 6.07) is 13.3. The van der Waals surface area contributed by atoms with E-state index in [4.69, 9.17) is 0 Å². The van der Waals surface area contributed by atoms with E-state index in [0.29, 0.717) is 34.6 Å². The molecule has 0 unspecified atom stereocenters. The Morgan fingerprint density at radius 2 is 1.97 bits per heavy atom. The number of hydrogen-bond donors (Lipinski definition) is 1. The number of ketones is 1. The predicted octanol–water partition coefficient (Wildman–Crippen LogP) is 4.28. The van der Waals surface area contributed by atoms with Crippen LogP contribution in [0.25, 0.3) is 10.9 Å². The number of benzene rings is 1. The minimum Gasteiger partial charge on any atom is -0.396 e. The molecule has 0 amide bonds. The lowest BCUT2D eigenvalue weighted by Crippen LogP contribution is -2.24. The summed E-state index contributed by atoms with van der Waals surface area (Å²) in [5.41, 5.74) is 3.17. The highest BCUT2D eigenvalue weighted by molar-refractivity contribution is 7.99. The molecule has 0 fully saturated rings. The van der Waals surface area contributed by atoms with Crippen LogP contribution in [0, 0.1) is 13.8 Å². The summed E-state index contributed by atoms with van der Waals surface area (Å²) < 4.78 is 3.73. The van der Waals surface area contributed by atoms with Crippen molar-refractivity contribution in [2.24, 2.45) is 0 Å². The Bertz CT molecular complexity index is 1310. The molecule has 4 aromatic rings. The van der Waals surface area contributed by atoms with Gasteiger partial charge in [0.05, 0.1) is 23.2 Å². The van der Waals surface area contributed by atoms with Gasteiger partial charge in [0.1, 0.15) is 0 Å². The van der Waals surface area contributed by atoms with Crippen LogP contribution in [0.4, 0.5) is 0 Å². The maximum absolute atomic E-state index is 13.1. The highest BCUT2D eigenvalue weighted by Crippen LogP contribution is 2.23. The van der Waals surface area contributed by atoms with E-state index in [1.807, 2.05) is 38.1 Å². The number of thiophene rings is 1. The van der Waals surface area contributed by atoms with Gasteiger partial charge in [0.2, 0.25) is 0 Å². The summed E-state index contributed by atoms with van der Waals surface area (Å²) in [6.45, 7) is 5.09. The Hall–Kier alpha value is -2.68. The van der Waals surface area contributed by atoms with Crippen molar-refractivity contribution in [3.05, 3.63) is 80.0 Å². The van der Waals surface area contributed by atoms with Crippen LogP contribution in [0.2, 0.25) is 0 Å². The van der Waals surface area contributed by atoms with Crippen LogP contribution >= 0.6 is 23.1 Å². The molecule has 166 valence electrons. The normalized spacial score (nSPS) is 11.3. The van der Waals surface area contributed by atoms with Crippen molar-refractivity contribution in [3.63, 3.8) is 0 Å². The van der Waals surface area contributed by atoms with E-state index in [2.05, 4.69) is 21.0 Å². The van der Waals surface area contributed by atoms with Gasteiger partial charge in [-0.05, 0) is 49.9 Å². The molecule has 0 aliphatic carbocycles. The van der Waals surface area contributed by atoms with E-state index in [-0.39, 0.29) is 23.7 Å². The van der Waals surface area contributed by atoms with Crippen molar-refractivity contribution in [1.82, 2.24) is 14.1 Å². The van der Waals surface area contributed by atoms with Gasteiger partial charge in [-0.2, -0.15) is 0 Å². The van der Waals surface area contributed by atoms with Crippen molar-refractivity contribution in [3.8, 4) is 0 Å². The maximum atomic E-state index is 13.1. The number of aromatic nitrogens is 3. The van der Waals surface area contributed by atoms with Gasteiger partial charge in [0.25, 0.3) is 5.56 Å². The number of aliphatic hydroxyl groups is 1. The van der Waals surface area contributed by atoms with Crippen molar-refractivity contribution in [1.29, 1.82) is 0 Å². The van der Waals surface area contributed by atoms with E-state index >= 15 is 0 Å². The molecular weight excluding hydrogens is 442 g/mol. The fourth-order valence-corrected chi connectivity index (χ4v) is 5.38. The van der Waals surface area contributed by atoms with Crippen LogP contribution in [-0.2, 0) is 13.1 Å². The van der Waals surface area contributed by atoms with Crippen molar-refractivity contribution in [2.45, 2.75) is 38.5 Å². The lowest BCUT2D eigenvalue weighted by molar-refractivity contribution is 0.102. The molecule has 0 aliphatic rings. The molecule has 1 N–H and O–H groups in total. The third-order valence-electron chi connectivity index (χ3n) is 5.47. The van der Waals surface area contributed by atoms with Gasteiger partial charge in [0, 0.05) is 35.0 Å². The molecule has 1 aromatic carbocycles. The number of Topliss-reactive ketones (excluding diaryl/α,β-unsaturated/α-hetero) is 1. The van der Waals surface area contributed by atoms with E-state index < -0.39 is 0 Å². The number of carbonyl (C=O) groups is 1. The Kier molecular flexibility index (Phi) is 6.93. The second-order valence-electron chi connectivity index (χ2n) is 7.61. The number of thioether (sulfide) groups is 1. The van der Waals surface area contributed by atoms with Gasteiger partial charge in [-0.15, -0.1) is 11.3 Å². The average molecular weight is 468 g/mol. The number of carbonyl (C=O) groups excluding carboxylic acids is 1. The van der Waals surface area contributed by atoms with E-state index in [1.165, 1.54) is 16.6 Å². The second-order valence-corrected chi connectivity index (χ2v) is 9.58. The Labute approximate surface area is 194 Å². The molecule has 0 spiro atoms. The number of rotatable bonds is 9. The van der Waals surface area contributed by atoms with Crippen LogP contribution in [0.15, 0.2) is 57.8 Å². The van der Waals surface area contributed by atoms with E-state index in [9.17, 15) is 14.7 Å². The number of hydrogen-bond acceptors (Lipinski definition) is 6. The first kappa shape index (κ1) is 22.5. The molecule has 6 nitrogen and oxygen atoms in total. The van der Waals surface area contributed by atoms with Gasteiger partial charge < -0.3 is 9.67 Å². The Morgan fingerprint density at radius 1 is 1.16 bits per heavy atom. The minimum absolute atomic E-state index is 0.0108. The first-order chi connectivity index (χ1) is 15.5. The number of nitrogens with zero attached hydrogens (tertiary/aromatic N) is 3. The minimum atomic E-state index is -0.145. The Balaban J connectivity index is 1.58. The maximum Gasteiger partial charge on any atom is 0.262 e. The van der Waals surface area contributed by atoms with Crippen LogP contribution in [-0.4, -0.2) is 37.4 Å². The van der Waals surface area contributed by atoms with Gasteiger partial charge in [-0.3, -0.25) is 14.2 Å². The molecule has 0 saturated heterocycles. The predicted molar refractivity (Wildman–Crippen MR) is 130 cm³/mol. The second kappa shape index (κ2) is 9.85. The quantitative estimate of drug-likeness (QED) is 0.226. The summed E-state index contributed by atoms with van der Waals surface area (Å²) in [5, 5.41) is 12.3. The van der Waals surface area contributed by atoms with Crippen LogP contribution in [0.1, 0.15) is 33.0 Å². The molecule has 0 bridgehead atoms. The van der Waals surface area contributed by atoms with Gasteiger partial charge in [-0.25, -0.2) is 4.98 Å². The van der Waals surface area contributed by atoms with Gasteiger partial charge in [-0.1, -0.05) is 30.0 Å². The summed E-state index contributed by atoms with van der Waals surface area (Å²) in [5.74, 6) is 0.198. The molecule has 32 heavy (non-hydrogen) atoms. The third-order valence-corrected chi connectivity index (χ3v) is 7.30. The molecular formula is C24H25N3O3S2. The van der Waals surface area contributed by atoms with Crippen LogP contribution < -0.4 is 5.56 Å². The standard InChI is InChI=1S/C24H25N3O3S2/c1-16-13-20(17(2)27(16)14-18-7-5-12-31-18)22(29)15-32-24-25-21-9-4-3-8-19(21)23(30)26(24)10-6-11-28/h3-5,7-9,12-13,28H,6,10-11,14-15H2,1-2H3. The zero-order chi connectivity index (χ0) is 22.7. The number of aliphatic hydroxyl groups excluding tert-OH is 1. The molecule has 8 heteroatoms. The molecule has 0 atom stereocenters. The third kappa shape index (κ3) is 4.57. The molecule has 3 aromatic heterocycles. The van der Waals surface area contributed by atoms with Crippen molar-refractivity contribution < 1.29 is 9.90 Å². The zero-order valence-electron chi connectivity index (χ0n) is 18.1. The molecule has 0 radical (unpaired) electrons. The zero-order valence-corrected chi connectivity index (χ0v) is 19.7. The molecule has 0 saturated carbocycles. The molecule has 4 rings (SSSR count). The Morgan fingerprint density at radius 3 is 2.72 bits per heavy atom. The lowest BCUT2D eigenvalue weighted by atomic mass is 10.2. The summed E-state index contributed by atoms with van der Waals surface area (Å²) in [7, 11) is 0. The summed E-state index contributed by atoms with van der Waals surface area (Å²) in [4.78, 5) is 31.9. The number of aryl methyl sites for hydroxylation is 1. The number of para-hydroxylation sites is 1. The fraction of sp³-hybridized carbons (Fsp3) is 0.292. The largest absolute Gasteiger partial charge is 0.396 e. The summed E-state index contributed by atoms with van der Waals surface area (Å²) >= 11 is 2.97. The summed E-state index contributed by atoms with van der Waals surface area (Å²) in [6.07, 6.45) is 0.450. The van der Waals surface area contributed by atoms with Crippen LogP contribution in [0.5, 0.6) is 0 Å². The smallest absolute Gasteiger partial charge is 0.262 e. The van der Waals surface area contributed by atoms with Gasteiger partial charge >= 0.3 is 0 Å². The first-order valence-electron chi connectivity index (χ1n) is 10.4. The van der Waals surface area contributed by atoms with Crippen molar-refractivity contribution >= 4 is 39.8 Å². The van der Waals surface area contributed by atoms with Crippen LogP contribution in [0.3, 0.4) is 0 Å². The number of fused-ring (bicyclic) bond motifs is 1. The molecule has 0 aliphatic heterocycles. The topological polar surface area (TPSA) is 77.1 Å². The lowest BCUT2D eigenvalue weighted by Gasteiger charge is -2.12. The monoisotopic (exact) mass is 467 g/mol. The highest BCUT2D eigenvalue weighted by Gasteiger charge is 2.18. The SMILES string of the molecule is Cc1cc(C(=O)CSc2nc3ccccc3c(=O)n2CCCO)c(C)n1Cc1cccs1. The molecule has 3 heterocycles. The van der Waals surface area contributed by atoms with E-state index in [0.717, 1.165) is 17.9 Å². The first-order valence-corrected chi connectivity index (χ1v) is 12.3. The fourth-order valence-electron chi connectivity index (χ4n) is 3.78. The van der Waals surface area contributed by atoms with Crippen molar-refractivity contribution in [2.75, 3.05) is 12.4 Å². The average Bonchev–Trinajstić information content (AvgIpc) is 3.41. The van der Waals surface area contributed by atoms with Gasteiger partial charge in [0.15, 0.2) is 10.9 Å². The van der Waals surface area contributed by atoms with E-state index in [1.54, 1.807) is 28.0 Å². The highest BCUT2D eigenvalue weighted by atomic mass is 32.2.